The van der Waals surface area contributed by atoms with Crippen LogP contribution >= 0.6 is 11.6 Å². The van der Waals surface area contributed by atoms with Gasteiger partial charge in [-0.25, -0.2) is 4.39 Å². The van der Waals surface area contributed by atoms with Gasteiger partial charge in [0.2, 0.25) is 0 Å². The summed E-state index contributed by atoms with van der Waals surface area (Å²) in [4.78, 5) is 0. The van der Waals surface area contributed by atoms with E-state index in [1.54, 1.807) is 6.07 Å². The maximum atomic E-state index is 12.7. The van der Waals surface area contributed by atoms with Crippen molar-refractivity contribution >= 4 is 11.6 Å². The summed E-state index contributed by atoms with van der Waals surface area (Å²) in [6, 6.07) is 4.39. The summed E-state index contributed by atoms with van der Waals surface area (Å²) in [6.07, 6.45) is 0. The molecule has 0 amide bonds. The maximum Gasteiger partial charge on any atom is 1.00 e. The van der Waals surface area contributed by atoms with Crippen LogP contribution in [0, 0.1) is 5.82 Å². The Bertz CT molecular complexity index is 242. The maximum absolute atomic E-state index is 12.7. The van der Waals surface area contributed by atoms with Gasteiger partial charge in [-0.1, -0.05) is 23.7 Å². The average molecular weight is 199 g/mol. The van der Waals surface area contributed by atoms with Crippen LogP contribution in [0.4, 0.5) is 4.39 Å². The van der Waals surface area contributed by atoms with Gasteiger partial charge in [-0.15, -0.1) is 6.61 Å². The van der Waals surface area contributed by atoms with Crippen LogP contribution in [0.3, 0.4) is 0 Å². The summed E-state index contributed by atoms with van der Waals surface area (Å²) in [6.45, 7) is -0.563. The van der Waals surface area contributed by atoms with Gasteiger partial charge in [0.05, 0.1) is 5.02 Å². The van der Waals surface area contributed by atoms with Gasteiger partial charge in [-0.2, -0.15) is 0 Å². The zero-order valence-electron chi connectivity index (χ0n) is 6.10. The van der Waals surface area contributed by atoms with E-state index in [0.29, 0.717) is 0 Å². The summed E-state index contributed by atoms with van der Waals surface area (Å²) in [5.74, 6) is -0.598. The third-order valence-electron chi connectivity index (χ3n) is 1.19. The van der Waals surface area contributed by atoms with Crippen LogP contribution in [0.5, 0.6) is 0 Å². The third-order valence-corrected chi connectivity index (χ3v) is 1.48. The van der Waals surface area contributed by atoms with E-state index in [0.717, 1.165) is 0 Å². The Morgan fingerprint density at radius 1 is 1.45 bits per heavy atom. The van der Waals surface area contributed by atoms with Crippen LogP contribution in [-0.2, 0) is 6.61 Å². The van der Waals surface area contributed by atoms with Gasteiger partial charge in [0, 0.05) is 0 Å². The summed E-state index contributed by atoms with van der Waals surface area (Å²) >= 11 is 5.38. The fourth-order valence-corrected chi connectivity index (χ4v) is 0.854. The largest absolute Gasteiger partial charge is 1.00 e. The number of halogens is 2. The van der Waals surface area contributed by atoms with Crippen LogP contribution in [-0.4, -0.2) is 0 Å². The van der Waals surface area contributed by atoms with Crippen LogP contribution in [0.2, 0.25) is 5.02 Å². The minimum absolute atomic E-state index is 0. The van der Waals surface area contributed by atoms with Crippen molar-refractivity contribution in [3.63, 3.8) is 0 Å². The van der Waals surface area contributed by atoms with Crippen molar-refractivity contribution in [2.75, 3.05) is 0 Å². The fourth-order valence-electron chi connectivity index (χ4n) is 0.660. The van der Waals surface area contributed by atoms with Crippen molar-refractivity contribution in [2.45, 2.75) is 6.61 Å². The second kappa shape index (κ2) is 5.64. The van der Waals surface area contributed by atoms with Crippen molar-refractivity contribution in [3.8, 4) is 0 Å². The molecule has 4 heteroatoms. The number of hydrogen-bond donors (Lipinski definition) is 0. The molecule has 1 aromatic carbocycles. The van der Waals surface area contributed by atoms with Crippen molar-refractivity contribution in [2.24, 2.45) is 0 Å². The Balaban J connectivity index is 0.000001000. The molecule has 0 aliphatic rings. The van der Waals surface area contributed by atoms with Crippen molar-refractivity contribution < 1.29 is 60.9 Å². The molecule has 1 nitrogen and oxygen atoms in total. The predicted molar refractivity (Wildman–Crippen MR) is 35.1 cm³/mol. The number of hydrogen-bond acceptors (Lipinski definition) is 1. The van der Waals surface area contributed by atoms with E-state index in [2.05, 4.69) is 0 Å². The normalized spacial score (nSPS) is 9.00. The molecule has 0 N–H and O–H groups in total. The van der Waals surface area contributed by atoms with E-state index in [9.17, 15) is 9.50 Å². The zero-order valence-corrected chi connectivity index (χ0v) is 9.98. The van der Waals surface area contributed by atoms with Crippen molar-refractivity contribution in [3.05, 3.63) is 34.6 Å². The van der Waals surface area contributed by atoms with Crippen LogP contribution in [0.1, 0.15) is 5.56 Å². The monoisotopic (exact) mass is 198 g/mol. The molecule has 0 aromatic heterocycles. The molecule has 0 aliphatic carbocycles. The molecule has 0 saturated heterocycles. The number of benzene rings is 1. The molecule has 0 heterocycles. The summed E-state index contributed by atoms with van der Waals surface area (Å²) in [5, 5.41) is 10.2. The SMILES string of the molecule is [K+].[O-]Cc1cccc(Cl)c1F. The van der Waals surface area contributed by atoms with Crippen molar-refractivity contribution in [1.82, 2.24) is 0 Å². The zero-order chi connectivity index (χ0) is 7.56. The second-order valence-corrected chi connectivity index (χ2v) is 2.26. The first-order chi connectivity index (χ1) is 4.75. The first kappa shape index (κ1) is 12.0. The smallest absolute Gasteiger partial charge is 0.851 e. The predicted octanol–water partition coefficient (Wildman–Crippen LogP) is -1.66. The van der Waals surface area contributed by atoms with Gasteiger partial charge in [-0.3, -0.25) is 0 Å². The molecule has 0 fully saturated rings. The van der Waals surface area contributed by atoms with Gasteiger partial charge in [0.15, 0.2) is 0 Å². The van der Waals surface area contributed by atoms with Gasteiger partial charge < -0.3 is 5.11 Å². The van der Waals surface area contributed by atoms with Gasteiger partial charge in [0.1, 0.15) is 5.82 Å². The van der Waals surface area contributed by atoms with Gasteiger partial charge in [0.25, 0.3) is 0 Å². The summed E-state index contributed by atoms with van der Waals surface area (Å²) in [5.41, 5.74) is 0.118. The minimum Gasteiger partial charge on any atom is -0.851 e. The van der Waals surface area contributed by atoms with E-state index in [1.165, 1.54) is 12.1 Å². The quantitative estimate of drug-likeness (QED) is 0.496. The first-order valence-electron chi connectivity index (χ1n) is 2.76. The molecule has 0 atom stereocenters. The Labute approximate surface area is 112 Å². The molecule has 11 heavy (non-hydrogen) atoms. The Kier molecular flexibility index (Phi) is 6.17. The van der Waals surface area contributed by atoms with Crippen molar-refractivity contribution in [1.29, 1.82) is 0 Å². The van der Waals surface area contributed by atoms with Crippen LogP contribution in [0.15, 0.2) is 18.2 Å². The van der Waals surface area contributed by atoms with E-state index in [4.69, 9.17) is 11.6 Å². The second-order valence-electron chi connectivity index (χ2n) is 1.86. The molecular formula is C7H5ClFKO. The molecule has 0 aliphatic heterocycles. The first-order valence-corrected chi connectivity index (χ1v) is 3.14. The molecule has 0 unspecified atom stereocenters. The molecule has 0 spiro atoms. The molecule has 1 rings (SSSR count). The van der Waals surface area contributed by atoms with Gasteiger partial charge in [-0.05, 0) is 11.6 Å². The Morgan fingerprint density at radius 3 is 2.55 bits per heavy atom. The van der Waals surface area contributed by atoms with E-state index in [-0.39, 0.29) is 62.0 Å². The van der Waals surface area contributed by atoms with Crippen LogP contribution in [0.25, 0.3) is 0 Å². The van der Waals surface area contributed by atoms with E-state index < -0.39 is 12.4 Å². The minimum atomic E-state index is -0.598. The Hall–Kier alpha value is 1.04. The van der Waals surface area contributed by atoms with E-state index in [1.807, 2.05) is 0 Å². The summed E-state index contributed by atoms with van der Waals surface area (Å²) < 4.78 is 12.7. The standard InChI is InChI=1S/C7H5ClFO.K/c8-6-3-1-2-5(4-10)7(6)9;/h1-3H,4H2;/q-1;+1. The van der Waals surface area contributed by atoms with Gasteiger partial charge >= 0.3 is 51.4 Å². The van der Waals surface area contributed by atoms with Crippen LogP contribution < -0.4 is 56.5 Å². The molecule has 0 bridgehead atoms. The molecular weight excluding hydrogens is 194 g/mol. The molecule has 54 valence electrons. The Morgan fingerprint density at radius 2 is 2.09 bits per heavy atom. The summed E-state index contributed by atoms with van der Waals surface area (Å²) in [7, 11) is 0. The number of rotatable bonds is 1. The molecule has 0 radical (unpaired) electrons. The molecule has 0 saturated carbocycles. The van der Waals surface area contributed by atoms with E-state index >= 15 is 0 Å². The third kappa shape index (κ3) is 3.10. The molecule has 1 aromatic rings. The average Bonchev–Trinajstić information content (AvgIpc) is 1.95. The fraction of sp³-hybridized carbons (Fsp3) is 0.143. The topological polar surface area (TPSA) is 23.1 Å².